The lowest BCUT2D eigenvalue weighted by Gasteiger charge is -2.41. The lowest BCUT2D eigenvalue weighted by molar-refractivity contribution is -0.220. The van der Waals surface area contributed by atoms with Gasteiger partial charge in [-0.1, -0.05) is 154 Å². The molecule has 1 rings (SSSR count). The van der Waals surface area contributed by atoms with Gasteiger partial charge in [-0.15, -0.1) is 0 Å². The molecule has 6 unspecified atom stereocenters. The Morgan fingerprint density at radius 3 is 1.26 bits per heavy atom. The predicted octanol–water partition coefficient (Wildman–Crippen LogP) is 9.62. The fourth-order valence-electron chi connectivity index (χ4n) is 7.34. The predicted molar refractivity (Wildman–Crippen MR) is 240 cm³/mol. The topological polar surface area (TPSA) is 210 Å². The van der Waals surface area contributed by atoms with Gasteiger partial charge in [0.25, 0.3) is 0 Å². The van der Waals surface area contributed by atoms with Crippen LogP contribution in [0.25, 0.3) is 0 Å². The van der Waals surface area contributed by atoms with Gasteiger partial charge in [-0.05, 0) is 64.2 Å². The minimum atomic E-state index is -5.12. The third-order valence-electron chi connectivity index (χ3n) is 11.3. The number of allylic oxidation sites excluding steroid dienone is 4. The van der Waals surface area contributed by atoms with Crippen molar-refractivity contribution in [3.8, 4) is 0 Å². The Morgan fingerprint density at radius 2 is 0.836 bits per heavy atom. The fourth-order valence-corrected chi connectivity index (χ4v) is 8.31. The molecule has 0 aromatic carbocycles. The van der Waals surface area contributed by atoms with E-state index in [-0.39, 0.29) is 12.8 Å². The molecule has 61 heavy (non-hydrogen) atoms. The minimum absolute atomic E-state index is 0.0883. The number of aliphatic hydroxyl groups excluding tert-OH is 5. The van der Waals surface area contributed by atoms with Crippen LogP contribution in [0.3, 0.4) is 0 Å². The van der Waals surface area contributed by atoms with E-state index < -0.39 is 75.7 Å². The number of ether oxygens (including phenoxy) is 2. The van der Waals surface area contributed by atoms with Crippen LogP contribution in [0.4, 0.5) is 0 Å². The van der Waals surface area contributed by atoms with E-state index in [1.807, 2.05) is 0 Å². The summed E-state index contributed by atoms with van der Waals surface area (Å²) in [5.74, 6) is -1.11. The van der Waals surface area contributed by atoms with E-state index in [0.29, 0.717) is 12.8 Å². The van der Waals surface area contributed by atoms with E-state index in [1.54, 1.807) is 0 Å². The molecule has 0 aromatic heterocycles. The number of hydrogen-bond acceptors (Lipinski definition) is 12. The van der Waals surface area contributed by atoms with Gasteiger partial charge < -0.3 is 39.9 Å². The molecule has 1 fully saturated rings. The average molecular weight is 891 g/mol. The van der Waals surface area contributed by atoms with Crippen LogP contribution in [0.1, 0.15) is 206 Å². The summed E-state index contributed by atoms with van der Waals surface area (Å²) in [6, 6.07) is 0. The molecule has 1 saturated carbocycles. The number of rotatable bonds is 40. The van der Waals surface area contributed by atoms with Crippen LogP contribution in [0.5, 0.6) is 0 Å². The minimum Gasteiger partial charge on any atom is -0.462 e. The van der Waals surface area contributed by atoms with Crippen LogP contribution in [-0.2, 0) is 32.7 Å². The van der Waals surface area contributed by atoms with Crippen LogP contribution < -0.4 is 0 Å². The lowest BCUT2D eigenvalue weighted by atomic mass is 9.85. The summed E-state index contributed by atoms with van der Waals surface area (Å²) in [6.07, 6.45) is 28.0. The zero-order chi connectivity index (χ0) is 45.0. The van der Waals surface area contributed by atoms with Crippen LogP contribution in [0, 0.1) is 0 Å². The smallest absolute Gasteiger partial charge is 0.462 e. The van der Waals surface area contributed by atoms with Crippen LogP contribution >= 0.6 is 7.82 Å². The third kappa shape index (κ3) is 30.2. The van der Waals surface area contributed by atoms with Gasteiger partial charge in [0.1, 0.15) is 43.2 Å². The molecule has 0 radical (unpaired) electrons. The first-order valence-corrected chi connectivity index (χ1v) is 25.6. The van der Waals surface area contributed by atoms with E-state index in [9.17, 15) is 44.6 Å². The largest absolute Gasteiger partial charge is 0.472 e. The molecule has 0 amide bonds. The highest BCUT2D eigenvalue weighted by Gasteiger charge is 2.51. The van der Waals surface area contributed by atoms with Crippen LogP contribution in [0.15, 0.2) is 24.3 Å². The molecule has 1 aliphatic rings. The molecule has 0 heterocycles. The summed E-state index contributed by atoms with van der Waals surface area (Å²) >= 11 is 0. The first kappa shape index (κ1) is 57.3. The highest BCUT2D eigenvalue weighted by atomic mass is 31.2. The highest BCUT2D eigenvalue weighted by Crippen LogP contribution is 2.47. The third-order valence-corrected chi connectivity index (χ3v) is 12.3. The van der Waals surface area contributed by atoms with Gasteiger partial charge in [-0.2, -0.15) is 0 Å². The van der Waals surface area contributed by atoms with Gasteiger partial charge >= 0.3 is 19.8 Å². The molecule has 13 nitrogen and oxygen atoms in total. The monoisotopic (exact) mass is 891 g/mol. The van der Waals surface area contributed by atoms with Crippen molar-refractivity contribution < 1.29 is 63.1 Å². The van der Waals surface area contributed by atoms with E-state index in [2.05, 4.69) is 38.2 Å². The number of carbonyl (C=O) groups is 2. The molecule has 358 valence electrons. The number of aliphatic hydroxyl groups is 5. The van der Waals surface area contributed by atoms with E-state index in [1.165, 1.54) is 103 Å². The number of unbranched alkanes of at least 4 members (excludes halogenated alkanes) is 24. The van der Waals surface area contributed by atoms with E-state index in [0.717, 1.165) is 64.2 Å². The molecule has 0 bridgehead atoms. The van der Waals surface area contributed by atoms with Gasteiger partial charge in [0.15, 0.2) is 6.10 Å². The maximum absolute atomic E-state index is 12.8. The zero-order valence-corrected chi connectivity index (χ0v) is 38.9. The second kappa shape index (κ2) is 37.7. The first-order chi connectivity index (χ1) is 29.4. The van der Waals surface area contributed by atoms with Crippen molar-refractivity contribution in [1.29, 1.82) is 0 Å². The Morgan fingerprint density at radius 1 is 0.492 bits per heavy atom. The Labute approximate surface area is 368 Å². The first-order valence-electron chi connectivity index (χ1n) is 24.1. The van der Waals surface area contributed by atoms with Crippen molar-refractivity contribution in [3.63, 3.8) is 0 Å². The van der Waals surface area contributed by atoms with Crippen molar-refractivity contribution in [2.24, 2.45) is 0 Å². The second-order valence-corrected chi connectivity index (χ2v) is 18.4. The molecular formula is C47H87O13P. The Hall–Kier alpha value is -1.67. The molecule has 14 heteroatoms. The summed E-state index contributed by atoms with van der Waals surface area (Å²) in [5.41, 5.74) is 0. The summed E-state index contributed by atoms with van der Waals surface area (Å²) in [6.45, 7) is 3.29. The lowest BCUT2D eigenvalue weighted by Crippen LogP contribution is -2.64. The van der Waals surface area contributed by atoms with Crippen molar-refractivity contribution >= 4 is 19.8 Å². The second-order valence-electron chi connectivity index (χ2n) is 17.0. The Bertz CT molecular complexity index is 1170. The van der Waals surface area contributed by atoms with Crippen molar-refractivity contribution in [2.45, 2.75) is 249 Å². The number of carbonyl (C=O) groups excluding carboxylic acids is 2. The van der Waals surface area contributed by atoms with E-state index >= 15 is 0 Å². The maximum Gasteiger partial charge on any atom is 0.472 e. The van der Waals surface area contributed by atoms with Crippen LogP contribution in [-0.4, -0.2) is 98.3 Å². The molecule has 8 atom stereocenters. The molecule has 0 aliphatic heterocycles. The standard InChI is InChI=1S/C47H87O13P/c1-3-5-7-9-11-13-15-17-19-20-22-23-25-27-29-31-33-35-40(48)57-37-39(38-58-61(55,56)60-47-45(53)43(51)42(50)44(52)46(47)54)59-41(49)36-34-32-30-28-26-24-21-18-16-14-12-10-8-6-4-2/h13,15,18,21,39,42-47,50-54H,3-12,14,16-17,19-20,22-38H2,1-2H3,(H,55,56)/b15-13+,21-18+/t39-,42?,43-,44?,45?,46?,47?/m0/s1. The summed E-state index contributed by atoms with van der Waals surface area (Å²) in [7, 11) is -5.12. The molecule has 0 saturated heterocycles. The van der Waals surface area contributed by atoms with Crippen molar-refractivity contribution in [2.75, 3.05) is 13.2 Å². The zero-order valence-electron chi connectivity index (χ0n) is 38.0. The van der Waals surface area contributed by atoms with Crippen LogP contribution in [0.2, 0.25) is 0 Å². The summed E-state index contributed by atoms with van der Waals surface area (Å²) < 4.78 is 33.6. The van der Waals surface area contributed by atoms with Crippen molar-refractivity contribution in [3.05, 3.63) is 24.3 Å². The summed E-state index contributed by atoms with van der Waals surface area (Å²) in [4.78, 5) is 35.7. The molecule has 1 aliphatic carbocycles. The Balaban J connectivity index is 2.44. The average Bonchev–Trinajstić information content (AvgIpc) is 3.24. The highest BCUT2D eigenvalue weighted by molar-refractivity contribution is 7.47. The van der Waals surface area contributed by atoms with Gasteiger partial charge in [-0.3, -0.25) is 18.6 Å². The molecule has 0 aromatic rings. The van der Waals surface area contributed by atoms with E-state index in [4.69, 9.17) is 18.5 Å². The SMILES string of the molecule is CCCCCC/C=C/CCCCCCCCCCCC(=O)OC[C@@H](COP(=O)(O)OC1C(O)C(O)C(O)[C@H](O)C1O)OC(=O)CCCCCCC/C=C/CCCCCCCC. The van der Waals surface area contributed by atoms with Crippen molar-refractivity contribution in [1.82, 2.24) is 0 Å². The number of phosphoric acid groups is 1. The molecule has 0 spiro atoms. The number of esters is 2. The molecule has 6 N–H and O–H groups in total. The van der Waals surface area contributed by atoms with Gasteiger partial charge in [-0.25, -0.2) is 4.57 Å². The number of phosphoric ester groups is 1. The normalized spacial score (nSPS) is 22.2. The Kier molecular flexibility index (Phi) is 35.4. The van der Waals surface area contributed by atoms with Gasteiger partial charge in [0.2, 0.25) is 0 Å². The quantitative estimate of drug-likeness (QED) is 0.0147. The fraction of sp³-hybridized carbons (Fsp3) is 0.872. The molecular weight excluding hydrogens is 803 g/mol. The maximum atomic E-state index is 12.8. The van der Waals surface area contributed by atoms with Gasteiger partial charge in [0.05, 0.1) is 6.61 Å². The number of hydrogen-bond donors (Lipinski definition) is 6. The summed E-state index contributed by atoms with van der Waals surface area (Å²) in [5, 5.41) is 50.2. The van der Waals surface area contributed by atoms with Gasteiger partial charge in [0, 0.05) is 12.8 Å².